The van der Waals surface area contributed by atoms with Crippen molar-refractivity contribution in [3.8, 4) is 11.4 Å². The van der Waals surface area contributed by atoms with E-state index in [1.165, 1.54) is 9.25 Å². The number of hydrogen-bond donors (Lipinski definition) is 2. The molecule has 2 aromatic heterocycles. The Hall–Kier alpha value is -2.68. The Bertz CT molecular complexity index is 694. The average Bonchev–Trinajstić information content (AvgIpc) is 2.84. The van der Waals surface area contributed by atoms with Crippen LogP contribution in [0.2, 0.25) is 0 Å². The molecule has 0 unspecified atom stereocenters. The molecule has 0 saturated heterocycles. The monoisotopic (exact) mass is 320 g/mol. The Labute approximate surface area is 133 Å². The molecule has 2 aromatic rings. The highest BCUT2D eigenvalue weighted by Gasteiger charge is 2.12. The minimum Gasteiger partial charge on any atom is -0.383 e. The molecule has 0 aromatic carbocycles. The van der Waals surface area contributed by atoms with Crippen molar-refractivity contribution in [2.45, 2.75) is 6.54 Å². The largest absolute Gasteiger partial charge is 0.383 e. The summed E-state index contributed by atoms with van der Waals surface area (Å²) in [6, 6.07) is 3.31. The fourth-order valence-electron chi connectivity index (χ4n) is 1.98. The number of carbonyl (C=O) groups excluding carboxylic acids is 1. The number of amides is 2. The highest BCUT2D eigenvalue weighted by molar-refractivity contribution is 5.73. The summed E-state index contributed by atoms with van der Waals surface area (Å²) in [5, 5.41) is 9.58. The van der Waals surface area contributed by atoms with Crippen LogP contribution in [0.4, 0.5) is 4.79 Å². The lowest BCUT2D eigenvalue weighted by molar-refractivity contribution is 0.196. The lowest BCUT2D eigenvalue weighted by Gasteiger charge is -2.06. The van der Waals surface area contributed by atoms with Crippen molar-refractivity contribution in [3.63, 3.8) is 0 Å². The summed E-state index contributed by atoms with van der Waals surface area (Å²) in [6.45, 7) is 1.45. The lowest BCUT2D eigenvalue weighted by atomic mass is 10.3. The molecule has 0 aliphatic carbocycles. The van der Waals surface area contributed by atoms with Gasteiger partial charge in [0.25, 0.3) is 0 Å². The number of aromatic nitrogens is 4. The number of methoxy groups -OCH3 is 1. The van der Waals surface area contributed by atoms with Gasteiger partial charge in [-0.1, -0.05) is 0 Å². The number of pyridine rings is 1. The lowest BCUT2D eigenvalue weighted by Crippen LogP contribution is -2.39. The van der Waals surface area contributed by atoms with Crippen LogP contribution in [0.5, 0.6) is 0 Å². The molecule has 0 spiro atoms. The summed E-state index contributed by atoms with van der Waals surface area (Å²) >= 11 is 0. The molecular formula is C14H20N6O3. The quantitative estimate of drug-likeness (QED) is 0.675. The van der Waals surface area contributed by atoms with Gasteiger partial charge in [-0.2, -0.15) is 0 Å². The summed E-state index contributed by atoms with van der Waals surface area (Å²) in [6.07, 6.45) is 3.30. The van der Waals surface area contributed by atoms with E-state index < -0.39 is 0 Å². The molecule has 2 rings (SSSR count). The summed E-state index contributed by atoms with van der Waals surface area (Å²) in [7, 11) is 3.21. The second-order valence-corrected chi connectivity index (χ2v) is 4.81. The van der Waals surface area contributed by atoms with Crippen LogP contribution < -0.4 is 16.3 Å². The Kier molecular flexibility index (Phi) is 5.87. The van der Waals surface area contributed by atoms with Gasteiger partial charge in [0.2, 0.25) is 0 Å². The molecule has 2 amide bonds. The summed E-state index contributed by atoms with van der Waals surface area (Å²) in [5.74, 6) is 0.535. The van der Waals surface area contributed by atoms with E-state index in [1.807, 2.05) is 6.07 Å². The fourth-order valence-corrected chi connectivity index (χ4v) is 1.98. The minimum absolute atomic E-state index is 0.245. The van der Waals surface area contributed by atoms with Crippen LogP contribution in [0.25, 0.3) is 11.4 Å². The van der Waals surface area contributed by atoms with Crippen molar-refractivity contribution in [1.82, 2.24) is 30.0 Å². The van der Waals surface area contributed by atoms with E-state index >= 15 is 0 Å². The summed E-state index contributed by atoms with van der Waals surface area (Å²) in [4.78, 5) is 27.7. The van der Waals surface area contributed by atoms with Crippen molar-refractivity contribution in [1.29, 1.82) is 0 Å². The van der Waals surface area contributed by atoms with Crippen LogP contribution in [0.3, 0.4) is 0 Å². The number of nitrogens with one attached hydrogen (secondary N) is 2. The van der Waals surface area contributed by atoms with Crippen molar-refractivity contribution in [2.75, 3.05) is 26.8 Å². The van der Waals surface area contributed by atoms with Crippen LogP contribution in [0.15, 0.2) is 29.3 Å². The Balaban J connectivity index is 1.94. The molecule has 124 valence electrons. The number of rotatable bonds is 7. The first-order chi connectivity index (χ1) is 11.1. The standard InChI is InChI=1S/C14H20N6O3/c1-19-12(11-4-3-5-15-10-11)18-20(14(19)22)8-6-16-13(21)17-7-9-23-2/h3-5,10H,6-9H2,1-2H3,(H2,16,17,21). The van der Waals surface area contributed by atoms with E-state index in [4.69, 9.17) is 4.74 Å². The molecule has 2 heterocycles. The van der Waals surface area contributed by atoms with Crippen LogP contribution in [0.1, 0.15) is 0 Å². The van der Waals surface area contributed by atoms with Gasteiger partial charge < -0.3 is 15.4 Å². The third-order valence-electron chi connectivity index (χ3n) is 3.16. The Morgan fingerprint density at radius 3 is 2.83 bits per heavy atom. The first-order valence-corrected chi connectivity index (χ1v) is 7.18. The van der Waals surface area contributed by atoms with E-state index in [1.54, 1.807) is 32.6 Å². The first kappa shape index (κ1) is 16.7. The van der Waals surface area contributed by atoms with Crippen LogP contribution in [-0.4, -0.2) is 52.2 Å². The molecule has 0 fully saturated rings. The number of carbonyl (C=O) groups is 1. The van der Waals surface area contributed by atoms with Gasteiger partial charge in [0.05, 0.1) is 13.2 Å². The van der Waals surface area contributed by atoms with Gasteiger partial charge >= 0.3 is 11.7 Å². The molecule has 9 heteroatoms. The first-order valence-electron chi connectivity index (χ1n) is 7.18. The van der Waals surface area contributed by atoms with Crippen molar-refractivity contribution < 1.29 is 9.53 Å². The van der Waals surface area contributed by atoms with E-state index in [2.05, 4.69) is 20.7 Å². The van der Waals surface area contributed by atoms with Gasteiger partial charge in [0.1, 0.15) is 0 Å². The molecule has 0 aliphatic heterocycles. The second kappa shape index (κ2) is 8.08. The van der Waals surface area contributed by atoms with E-state index in [0.717, 1.165) is 5.56 Å². The molecule has 23 heavy (non-hydrogen) atoms. The van der Waals surface area contributed by atoms with Crippen molar-refractivity contribution in [2.24, 2.45) is 7.05 Å². The maximum absolute atomic E-state index is 12.1. The Morgan fingerprint density at radius 1 is 1.35 bits per heavy atom. The van der Waals surface area contributed by atoms with E-state index in [0.29, 0.717) is 25.5 Å². The fraction of sp³-hybridized carbons (Fsp3) is 0.429. The molecule has 0 saturated carbocycles. The normalized spacial score (nSPS) is 10.5. The minimum atomic E-state index is -0.307. The van der Waals surface area contributed by atoms with Gasteiger partial charge in [-0.3, -0.25) is 9.55 Å². The zero-order valence-electron chi connectivity index (χ0n) is 13.2. The molecule has 0 bridgehead atoms. The van der Waals surface area contributed by atoms with Gasteiger partial charge in [-0.05, 0) is 12.1 Å². The topological polar surface area (TPSA) is 103 Å². The Morgan fingerprint density at radius 2 is 2.13 bits per heavy atom. The van der Waals surface area contributed by atoms with Crippen LogP contribution in [0, 0.1) is 0 Å². The molecule has 0 aliphatic rings. The third-order valence-corrected chi connectivity index (χ3v) is 3.16. The zero-order chi connectivity index (χ0) is 16.7. The smallest absolute Gasteiger partial charge is 0.345 e. The molecule has 0 radical (unpaired) electrons. The SMILES string of the molecule is COCCNC(=O)NCCn1nc(-c2cccnc2)n(C)c1=O. The highest BCUT2D eigenvalue weighted by atomic mass is 16.5. The molecule has 0 atom stereocenters. The number of nitrogens with zero attached hydrogens (tertiary/aromatic N) is 4. The predicted octanol–water partition coefficient (Wildman–Crippen LogP) is -0.411. The number of hydrogen-bond acceptors (Lipinski definition) is 5. The van der Waals surface area contributed by atoms with Crippen LogP contribution in [-0.2, 0) is 18.3 Å². The average molecular weight is 320 g/mol. The second-order valence-electron chi connectivity index (χ2n) is 4.81. The molecule has 2 N–H and O–H groups in total. The summed E-state index contributed by atoms with van der Waals surface area (Å²) < 4.78 is 7.61. The maximum Gasteiger partial charge on any atom is 0.345 e. The number of urea groups is 1. The predicted molar refractivity (Wildman–Crippen MR) is 84.0 cm³/mol. The van der Waals surface area contributed by atoms with Gasteiger partial charge in [-0.25, -0.2) is 14.3 Å². The van der Waals surface area contributed by atoms with Crippen LogP contribution >= 0.6 is 0 Å². The highest BCUT2D eigenvalue weighted by Crippen LogP contribution is 2.12. The van der Waals surface area contributed by atoms with Crippen molar-refractivity contribution >= 4 is 6.03 Å². The molecule has 9 nitrogen and oxygen atoms in total. The van der Waals surface area contributed by atoms with Crippen molar-refractivity contribution in [3.05, 3.63) is 35.0 Å². The maximum atomic E-state index is 12.1. The molecular weight excluding hydrogens is 300 g/mol. The van der Waals surface area contributed by atoms with Gasteiger partial charge in [0, 0.05) is 45.2 Å². The number of ether oxygens (including phenoxy) is 1. The van der Waals surface area contributed by atoms with E-state index in [9.17, 15) is 9.59 Å². The zero-order valence-corrected chi connectivity index (χ0v) is 13.2. The van der Waals surface area contributed by atoms with E-state index in [-0.39, 0.29) is 18.3 Å². The van der Waals surface area contributed by atoms with Gasteiger partial charge in [0.15, 0.2) is 5.82 Å². The van der Waals surface area contributed by atoms with Gasteiger partial charge in [-0.15, -0.1) is 5.10 Å². The third kappa shape index (κ3) is 4.39. The summed E-state index contributed by atoms with van der Waals surface area (Å²) in [5.41, 5.74) is 0.515.